The van der Waals surface area contributed by atoms with Gasteiger partial charge in [-0.25, -0.2) is 0 Å². The van der Waals surface area contributed by atoms with Crippen LogP contribution in [-0.2, 0) is 16.6 Å². The number of piperazine rings is 1. The van der Waals surface area contributed by atoms with E-state index in [1.807, 2.05) is 11.7 Å². The van der Waals surface area contributed by atoms with Gasteiger partial charge in [0.25, 0.3) is 0 Å². The highest BCUT2D eigenvalue weighted by atomic mass is 16.2. The van der Waals surface area contributed by atoms with E-state index in [1.54, 1.807) is 0 Å². The predicted molar refractivity (Wildman–Crippen MR) is 125 cm³/mol. The molecule has 4 heterocycles. The largest absolute Gasteiger partial charge is 0.369 e. The monoisotopic (exact) mass is 438 g/mol. The molecule has 0 bridgehead atoms. The minimum absolute atomic E-state index is 0.192. The molecular formula is C24H34N6O2. The molecule has 172 valence electrons. The lowest BCUT2D eigenvalue weighted by Crippen LogP contribution is -2.49. The Bertz CT molecular complexity index is 1010. The molecule has 0 radical (unpaired) electrons. The number of amides is 2. The molecule has 2 N–H and O–H groups in total. The van der Waals surface area contributed by atoms with Crippen LogP contribution in [-0.4, -0.2) is 72.3 Å². The first kappa shape index (κ1) is 21.4. The van der Waals surface area contributed by atoms with Gasteiger partial charge in [0, 0.05) is 57.3 Å². The van der Waals surface area contributed by atoms with Gasteiger partial charge in [-0.2, -0.15) is 5.10 Å². The summed E-state index contributed by atoms with van der Waals surface area (Å²) in [7, 11) is 1.93. The number of benzene rings is 1. The van der Waals surface area contributed by atoms with Crippen molar-refractivity contribution in [2.24, 2.45) is 18.9 Å². The molecule has 5 rings (SSSR count). The molecule has 3 aliphatic rings. The number of hydrogen-bond acceptors (Lipinski definition) is 6. The van der Waals surface area contributed by atoms with Gasteiger partial charge in [0.05, 0.1) is 17.1 Å². The fourth-order valence-electron chi connectivity index (χ4n) is 5.54. The first-order valence-electron chi connectivity index (χ1n) is 12.0. The molecule has 1 unspecified atom stereocenters. The molecule has 1 aromatic heterocycles. The molecule has 1 aromatic carbocycles. The number of carbonyl (C=O) groups is 2. The third kappa shape index (κ3) is 4.13. The maximum Gasteiger partial charge on any atom is 0.235 e. The molecule has 8 heteroatoms. The van der Waals surface area contributed by atoms with Crippen LogP contribution in [0, 0.1) is 11.8 Å². The van der Waals surface area contributed by atoms with E-state index in [0.29, 0.717) is 12.8 Å². The normalized spacial score (nSPS) is 27.7. The van der Waals surface area contributed by atoms with Gasteiger partial charge in [-0.05, 0) is 56.0 Å². The van der Waals surface area contributed by atoms with E-state index in [2.05, 4.69) is 50.7 Å². The molecule has 3 fully saturated rings. The van der Waals surface area contributed by atoms with Crippen LogP contribution < -0.4 is 15.5 Å². The molecule has 2 aromatic rings. The quantitative estimate of drug-likeness (QED) is 0.704. The van der Waals surface area contributed by atoms with Gasteiger partial charge >= 0.3 is 0 Å². The van der Waals surface area contributed by atoms with Crippen molar-refractivity contribution in [3.63, 3.8) is 0 Å². The van der Waals surface area contributed by atoms with Crippen molar-refractivity contribution in [1.82, 2.24) is 25.3 Å². The fraction of sp³-hybridized carbons (Fsp3) is 0.625. The lowest BCUT2D eigenvalue weighted by Gasteiger charge is -2.40. The van der Waals surface area contributed by atoms with E-state index in [1.165, 1.54) is 18.7 Å². The smallest absolute Gasteiger partial charge is 0.235 e. The summed E-state index contributed by atoms with van der Waals surface area (Å²) in [6.45, 7) is 10.2. The van der Waals surface area contributed by atoms with E-state index in [4.69, 9.17) is 0 Å². The van der Waals surface area contributed by atoms with Gasteiger partial charge in [-0.3, -0.25) is 24.5 Å². The van der Waals surface area contributed by atoms with Crippen molar-refractivity contribution in [3.05, 3.63) is 23.9 Å². The number of nitrogens with one attached hydrogen (secondary N) is 2. The van der Waals surface area contributed by atoms with Gasteiger partial charge in [0.2, 0.25) is 11.8 Å². The molecule has 3 atom stereocenters. The van der Waals surface area contributed by atoms with Crippen molar-refractivity contribution in [2.45, 2.75) is 32.1 Å². The number of imide groups is 1. The number of fused-ring (bicyclic) bond motifs is 1. The number of anilines is 1. The molecule has 3 aliphatic heterocycles. The summed E-state index contributed by atoms with van der Waals surface area (Å²) in [5.74, 6) is 0.780. The highest BCUT2D eigenvalue weighted by Gasteiger charge is 2.32. The Morgan fingerprint density at radius 2 is 1.94 bits per heavy atom. The van der Waals surface area contributed by atoms with Crippen LogP contribution in [0.3, 0.4) is 0 Å². The second-order valence-corrected chi connectivity index (χ2v) is 9.73. The van der Waals surface area contributed by atoms with Crippen LogP contribution in [0.25, 0.3) is 10.9 Å². The minimum atomic E-state index is -0.358. The lowest BCUT2D eigenvalue weighted by molar-refractivity contribution is -0.134. The number of rotatable bonds is 4. The van der Waals surface area contributed by atoms with Gasteiger partial charge in [0.15, 0.2) is 0 Å². The van der Waals surface area contributed by atoms with Crippen molar-refractivity contribution in [1.29, 1.82) is 0 Å². The summed E-state index contributed by atoms with van der Waals surface area (Å²) >= 11 is 0. The number of aryl methyl sites for hydroxylation is 1. The first-order valence-corrected chi connectivity index (χ1v) is 12.0. The van der Waals surface area contributed by atoms with E-state index >= 15 is 0 Å². The van der Waals surface area contributed by atoms with Gasteiger partial charge < -0.3 is 10.2 Å². The average Bonchev–Trinajstić information content (AvgIpc) is 3.11. The van der Waals surface area contributed by atoms with E-state index in [9.17, 15) is 9.59 Å². The van der Waals surface area contributed by atoms with Crippen molar-refractivity contribution in [3.8, 4) is 0 Å². The number of aromatic nitrogens is 2. The topological polar surface area (TPSA) is 82.5 Å². The second kappa shape index (κ2) is 8.83. The van der Waals surface area contributed by atoms with Crippen molar-refractivity contribution >= 4 is 28.4 Å². The van der Waals surface area contributed by atoms with Gasteiger partial charge in [-0.1, -0.05) is 6.92 Å². The fourth-order valence-corrected chi connectivity index (χ4v) is 5.54. The Hall–Kier alpha value is -2.45. The van der Waals surface area contributed by atoms with E-state index in [-0.39, 0.29) is 17.7 Å². The zero-order valence-corrected chi connectivity index (χ0v) is 19.1. The lowest BCUT2D eigenvalue weighted by atomic mass is 9.87. The summed E-state index contributed by atoms with van der Waals surface area (Å²) in [5.41, 5.74) is 3.03. The first-order chi connectivity index (χ1) is 15.5. The summed E-state index contributed by atoms with van der Waals surface area (Å²) in [5, 5.41) is 11.6. The molecule has 3 saturated heterocycles. The Balaban J connectivity index is 1.27. The van der Waals surface area contributed by atoms with Crippen LogP contribution in [0.4, 0.5) is 5.69 Å². The second-order valence-electron chi connectivity index (χ2n) is 9.73. The van der Waals surface area contributed by atoms with E-state index < -0.39 is 0 Å². The Morgan fingerprint density at radius 3 is 2.69 bits per heavy atom. The van der Waals surface area contributed by atoms with Crippen LogP contribution in [0.2, 0.25) is 0 Å². The number of piperidine rings is 2. The zero-order valence-electron chi connectivity index (χ0n) is 19.1. The number of carbonyl (C=O) groups excluding carboxylic acids is 2. The molecule has 8 nitrogen and oxygen atoms in total. The van der Waals surface area contributed by atoms with Gasteiger partial charge in [0.1, 0.15) is 0 Å². The van der Waals surface area contributed by atoms with Gasteiger partial charge in [-0.15, -0.1) is 0 Å². The molecule has 0 spiro atoms. The summed E-state index contributed by atoms with van der Waals surface area (Å²) in [6, 6.07) is 6.45. The Labute approximate surface area is 189 Å². The summed E-state index contributed by atoms with van der Waals surface area (Å²) in [6.07, 6.45) is 2.18. The van der Waals surface area contributed by atoms with Crippen LogP contribution in [0.1, 0.15) is 37.8 Å². The summed E-state index contributed by atoms with van der Waals surface area (Å²) in [4.78, 5) is 29.0. The maximum absolute atomic E-state index is 12.4. The summed E-state index contributed by atoms with van der Waals surface area (Å²) < 4.78 is 1.87. The highest BCUT2D eigenvalue weighted by Crippen LogP contribution is 2.32. The molecular weight excluding hydrogens is 404 g/mol. The molecule has 2 amide bonds. The maximum atomic E-state index is 12.4. The number of hydrogen-bond donors (Lipinski definition) is 2. The predicted octanol–water partition coefficient (Wildman–Crippen LogP) is 1.46. The van der Waals surface area contributed by atoms with Crippen LogP contribution in [0.15, 0.2) is 18.2 Å². The molecule has 32 heavy (non-hydrogen) atoms. The van der Waals surface area contributed by atoms with Crippen molar-refractivity contribution < 1.29 is 9.59 Å². The molecule has 0 aliphatic carbocycles. The zero-order chi connectivity index (χ0) is 22.2. The SMILES string of the molecule is C[C@H]1CNCC[C@@H]1CN1CCN(c2ccc3c(C4CCC(=O)NC4=O)nn(C)c3c2)CC1. The van der Waals surface area contributed by atoms with Crippen LogP contribution >= 0.6 is 0 Å². The third-order valence-electron chi connectivity index (χ3n) is 7.63. The highest BCUT2D eigenvalue weighted by molar-refractivity contribution is 6.02. The van der Waals surface area contributed by atoms with E-state index in [0.717, 1.165) is 67.7 Å². The van der Waals surface area contributed by atoms with Crippen molar-refractivity contribution in [2.75, 3.05) is 50.7 Å². The number of nitrogens with zero attached hydrogens (tertiary/aromatic N) is 4. The Morgan fingerprint density at radius 1 is 1.12 bits per heavy atom. The average molecular weight is 439 g/mol. The molecule has 0 saturated carbocycles. The Kier molecular flexibility index (Phi) is 5.90. The minimum Gasteiger partial charge on any atom is -0.369 e. The third-order valence-corrected chi connectivity index (χ3v) is 7.63. The van der Waals surface area contributed by atoms with Crippen LogP contribution in [0.5, 0.6) is 0 Å². The standard InChI is InChI=1S/C24H34N6O2/c1-16-14-25-8-7-17(16)15-29-9-11-30(12-10-29)18-3-4-19-21(13-18)28(2)27-23(19)20-5-6-22(31)26-24(20)32/h3-4,13,16-17,20,25H,5-12,14-15H2,1-2H3,(H,26,31,32)/t16-,17+,20?/m0/s1.